The van der Waals surface area contributed by atoms with Crippen LogP contribution in [0.2, 0.25) is 0 Å². The number of hydrogen-bond donors (Lipinski definition) is 1. The Hall–Kier alpha value is -1.36. The predicted molar refractivity (Wildman–Crippen MR) is 69.7 cm³/mol. The molecule has 0 spiro atoms. The van der Waals surface area contributed by atoms with Crippen molar-refractivity contribution in [3.8, 4) is 0 Å². The molecule has 0 aromatic carbocycles. The molecule has 0 radical (unpaired) electrons. The monoisotopic (exact) mass is 267 g/mol. The second kappa shape index (κ2) is 5.52. The Morgan fingerprint density at radius 1 is 1.56 bits per heavy atom. The fraction of sp³-hybridized carbons (Fsp3) is 0.538. The minimum atomic E-state index is -0.268. The van der Waals surface area contributed by atoms with Gasteiger partial charge in [-0.1, -0.05) is 0 Å². The normalized spacial score (nSPS) is 16.1. The molecule has 1 aliphatic rings. The van der Waals surface area contributed by atoms with Crippen molar-refractivity contribution < 1.29 is 14.3 Å². The second-order valence-electron chi connectivity index (χ2n) is 4.63. The lowest BCUT2D eigenvalue weighted by Crippen LogP contribution is -2.38. The van der Waals surface area contributed by atoms with Gasteiger partial charge in [0.25, 0.3) is 5.91 Å². The van der Waals surface area contributed by atoms with E-state index >= 15 is 0 Å². The first-order valence-electron chi connectivity index (χ1n) is 6.03. The van der Waals surface area contributed by atoms with E-state index in [1.54, 1.807) is 0 Å². The minimum Gasteiger partial charge on any atom is -0.469 e. The first-order chi connectivity index (χ1) is 8.61. The molecule has 98 valence electrons. The van der Waals surface area contributed by atoms with Gasteiger partial charge in [0, 0.05) is 6.04 Å². The van der Waals surface area contributed by atoms with Crippen molar-refractivity contribution in [1.29, 1.82) is 0 Å². The summed E-state index contributed by atoms with van der Waals surface area (Å²) in [6.07, 6.45) is 2.41. The molecule has 0 unspecified atom stereocenters. The van der Waals surface area contributed by atoms with Gasteiger partial charge in [0.15, 0.2) is 0 Å². The van der Waals surface area contributed by atoms with Crippen LogP contribution in [0.15, 0.2) is 11.4 Å². The molecule has 1 N–H and O–H groups in total. The van der Waals surface area contributed by atoms with Crippen LogP contribution in [-0.2, 0) is 9.53 Å². The number of amides is 1. The number of esters is 1. The number of ether oxygens (including phenoxy) is 1. The third-order valence-corrected chi connectivity index (χ3v) is 4.21. The molecule has 1 fully saturated rings. The van der Waals surface area contributed by atoms with Gasteiger partial charge in [-0.05, 0) is 42.7 Å². The Labute approximate surface area is 110 Å². The van der Waals surface area contributed by atoms with Crippen molar-refractivity contribution in [2.24, 2.45) is 5.92 Å². The van der Waals surface area contributed by atoms with Crippen LogP contribution < -0.4 is 5.32 Å². The van der Waals surface area contributed by atoms with Crippen LogP contribution >= 0.6 is 11.3 Å². The summed E-state index contributed by atoms with van der Waals surface area (Å²) in [4.78, 5) is 24.1. The van der Waals surface area contributed by atoms with E-state index in [9.17, 15) is 9.59 Å². The lowest BCUT2D eigenvalue weighted by Gasteiger charge is -2.16. The molecule has 5 heteroatoms. The zero-order valence-electron chi connectivity index (χ0n) is 10.6. The standard InChI is InChI=1S/C13H17NO3S/c1-8-5-6-18-12(8)13(16)14-10(9-3-4-9)7-11(15)17-2/h5-6,9-10H,3-4,7H2,1-2H3,(H,14,16)/t10-/m1/s1. The summed E-state index contributed by atoms with van der Waals surface area (Å²) in [5.41, 5.74) is 0.977. The number of methoxy groups -OCH3 is 1. The van der Waals surface area contributed by atoms with Crippen LogP contribution in [0.4, 0.5) is 0 Å². The Morgan fingerprint density at radius 2 is 2.28 bits per heavy atom. The number of thiophene rings is 1. The number of nitrogens with one attached hydrogen (secondary N) is 1. The highest BCUT2D eigenvalue weighted by molar-refractivity contribution is 7.12. The van der Waals surface area contributed by atoms with Gasteiger partial charge in [-0.15, -0.1) is 11.3 Å². The van der Waals surface area contributed by atoms with Crippen LogP contribution in [0.5, 0.6) is 0 Å². The minimum absolute atomic E-state index is 0.0803. The summed E-state index contributed by atoms with van der Waals surface area (Å²) in [7, 11) is 1.37. The molecule has 1 aromatic heterocycles. The lowest BCUT2D eigenvalue weighted by molar-refractivity contribution is -0.141. The molecule has 0 saturated heterocycles. The molecule has 1 atom stereocenters. The summed E-state index contributed by atoms with van der Waals surface area (Å²) in [6.45, 7) is 1.91. The van der Waals surface area contributed by atoms with E-state index in [0.717, 1.165) is 23.3 Å². The van der Waals surface area contributed by atoms with Crippen LogP contribution in [0, 0.1) is 12.8 Å². The maximum Gasteiger partial charge on any atom is 0.307 e. The van der Waals surface area contributed by atoms with Gasteiger partial charge in [-0.3, -0.25) is 9.59 Å². The Bertz CT molecular complexity index is 451. The molecular formula is C13H17NO3S. The molecule has 4 nitrogen and oxygen atoms in total. The number of aryl methyl sites for hydroxylation is 1. The summed E-state index contributed by atoms with van der Waals surface area (Å²) < 4.78 is 4.67. The van der Waals surface area contributed by atoms with E-state index < -0.39 is 0 Å². The lowest BCUT2D eigenvalue weighted by atomic mass is 10.1. The molecule has 1 amide bonds. The zero-order valence-corrected chi connectivity index (χ0v) is 11.4. The van der Waals surface area contributed by atoms with E-state index in [-0.39, 0.29) is 24.3 Å². The fourth-order valence-corrected chi connectivity index (χ4v) is 2.76. The molecule has 1 saturated carbocycles. The van der Waals surface area contributed by atoms with Crippen LogP contribution in [-0.4, -0.2) is 25.0 Å². The van der Waals surface area contributed by atoms with Gasteiger partial charge in [0.2, 0.25) is 0 Å². The fourth-order valence-electron chi connectivity index (χ4n) is 1.94. The quantitative estimate of drug-likeness (QED) is 0.831. The molecule has 18 heavy (non-hydrogen) atoms. The molecule has 1 aromatic rings. The van der Waals surface area contributed by atoms with Crippen LogP contribution in [0.25, 0.3) is 0 Å². The first kappa shape index (κ1) is 13.1. The maximum absolute atomic E-state index is 12.1. The molecule has 1 heterocycles. The maximum atomic E-state index is 12.1. The highest BCUT2D eigenvalue weighted by Gasteiger charge is 2.34. The van der Waals surface area contributed by atoms with Crippen LogP contribution in [0.3, 0.4) is 0 Å². The van der Waals surface area contributed by atoms with E-state index in [2.05, 4.69) is 10.1 Å². The van der Waals surface area contributed by atoms with E-state index in [1.165, 1.54) is 18.4 Å². The average Bonchev–Trinajstić information content (AvgIpc) is 3.10. The SMILES string of the molecule is COC(=O)C[C@@H](NC(=O)c1sccc1C)C1CC1. The van der Waals surface area contributed by atoms with E-state index in [4.69, 9.17) is 0 Å². The van der Waals surface area contributed by atoms with Crippen LogP contribution in [0.1, 0.15) is 34.5 Å². The van der Waals surface area contributed by atoms with Crippen molar-refractivity contribution in [1.82, 2.24) is 5.32 Å². The van der Waals surface area contributed by atoms with Gasteiger partial charge < -0.3 is 10.1 Å². The first-order valence-corrected chi connectivity index (χ1v) is 6.91. The van der Waals surface area contributed by atoms with Crippen molar-refractivity contribution in [2.45, 2.75) is 32.2 Å². The average molecular weight is 267 g/mol. The van der Waals surface area contributed by atoms with Crippen molar-refractivity contribution in [2.75, 3.05) is 7.11 Å². The largest absolute Gasteiger partial charge is 0.469 e. The number of hydrogen-bond acceptors (Lipinski definition) is 4. The Kier molecular flexibility index (Phi) is 4.01. The topological polar surface area (TPSA) is 55.4 Å². The van der Waals surface area contributed by atoms with E-state index in [1.807, 2.05) is 18.4 Å². The van der Waals surface area contributed by atoms with Crippen molar-refractivity contribution in [3.63, 3.8) is 0 Å². The number of rotatable bonds is 5. The van der Waals surface area contributed by atoms with Gasteiger partial charge in [-0.2, -0.15) is 0 Å². The number of carbonyl (C=O) groups is 2. The van der Waals surface area contributed by atoms with Gasteiger partial charge in [0.1, 0.15) is 0 Å². The smallest absolute Gasteiger partial charge is 0.307 e. The molecule has 2 rings (SSSR count). The summed E-state index contributed by atoms with van der Waals surface area (Å²) in [6, 6.07) is 1.83. The van der Waals surface area contributed by atoms with Crippen molar-refractivity contribution >= 4 is 23.2 Å². The third kappa shape index (κ3) is 3.10. The number of carbonyl (C=O) groups excluding carboxylic acids is 2. The highest BCUT2D eigenvalue weighted by Crippen LogP contribution is 2.34. The molecule has 1 aliphatic carbocycles. The third-order valence-electron chi connectivity index (χ3n) is 3.19. The van der Waals surface area contributed by atoms with Crippen molar-refractivity contribution in [3.05, 3.63) is 21.9 Å². The second-order valence-corrected chi connectivity index (χ2v) is 5.55. The molecule has 0 bridgehead atoms. The van der Waals surface area contributed by atoms with Gasteiger partial charge in [0.05, 0.1) is 18.4 Å². The molecule has 0 aliphatic heterocycles. The summed E-state index contributed by atoms with van der Waals surface area (Å²) in [5.74, 6) is 0.0757. The Balaban J connectivity index is 1.98. The summed E-state index contributed by atoms with van der Waals surface area (Å²) in [5, 5.41) is 4.86. The van der Waals surface area contributed by atoms with Gasteiger partial charge >= 0.3 is 5.97 Å². The Morgan fingerprint density at radius 3 is 2.78 bits per heavy atom. The molecular weight excluding hydrogens is 250 g/mol. The predicted octanol–water partition coefficient (Wildman–Crippen LogP) is 2.13. The van der Waals surface area contributed by atoms with E-state index in [0.29, 0.717) is 5.92 Å². The highest BCUT2D eigenvalue weighted by atomic mass is 32.1. The van der Waals surface area contributed by atoms with Gasteiger partial charge in [-0.25, -0.2) is 0 Å². The summed E-state index contributed by atoms with van der Waals surface area (Å²) >= 11 is 1.43. The zero-order chi connectivity index (χ0) is 13.1.